The first-order valence-corrected chi connectivity index (χ1v) is 7.70. The van der Waals surface area contributed by atoms with E-state index in [0.29, 0.717) is 6.04 Å². The van der Waals surface area contributed by atoms with Crippen molar-refractivity contribution in [3.05, 3.63) is 11.9 Å². The van der Waals surface area contributed by atoms with E-state index >= 15 is 0 Å². The Bertz CT molecular complexity index is 434. The topological polar surface area (TPSA) is 44.3 Å². The van der Waals surface area contributed by atoms with Crippen LogP contribution in [0.15, 0.2) is 6.33 Å². The molecule has 1 fully saturated rings. The van der Waals surface area contributed by atoms with Crippen LogP contribution < -0.4 is 10.2 Å². The number of likely N-dealkylation sites (N-methyl/N-ethyl adjacent to an activating group) is 1. The normalized spacial score (nSPS) is 20.2. The van der Waals surface area contributed by atoms with E-state index in [-0.39, 0.29) is 0 Å². The fourth-order valence-electron chi connectivity index (χ4n) is 2.90. The van der Waals surface area contributed by atoms with Crippen LogP contribution in [0.25, 0.3) is 0 Å². The van der Waals surface area contributed by atoms with E-state index in [0.717, 1.165) is 50.7 Å². The van der Waals surface area contributed by atoms with E-state index in [2.05, 4.69) is 52.9 Å². The first-order valence-electron chi connectivity index (χ1n) is 7.70. The van der Waals surface area contributed by atoms with Crippen molar-refractivity contribution >= 4 is 11.6 Å². The first-order chi connectivity index (χ1) is 9.67. The van der Waals surface area contributed by atoms with Crippen molar-refractivity contribution in [2.75, 3.05) is 43.4 Å². The molecule has 1 N–H and O–H groups in total. The number of aromatic nitrogens is 2. The predicted octanol–water partition coefficient (Wildman–Crippen LogP) is 2.00. The molecule has 112 valence electrons. The van der Waals surface area contributed by atoms with Crippen LogP contribution >= 0.6 is 0 Å². The van der Waals surface area contributed by atoms with Gasteiger partial charge in [0.2, 0.25) is 0 Å². The summed E-state index contributed by atoms with van der Waals surface area (Å²) in [4.78, 5) is 13.8. The SMILES string of the molecule is CCCc1c(NCC)ncnc1N1CCN(C)CC1C. The van der Waals surface area contributed by atoms with Gasteiger partial charge in [-0.15, -0.1) is 0 Å². The van der Waals surface area contributed by atoms with E-state index < -0.39 is 0 Å². The number of nitrogens with one attached hydrogen (secondary N) is 1. The first kappa shape index (κ1) is 15.0. The second-order valence-corrected chi connectivity index (χ2v) is 5.61. The predicted molar refractivity (Wildman–Crippen MR) is 84.5 cm³/mol. The summed E-state index contributed by atoms with van der Waals surface area (Å²) in [6, 6.07) is 0.494. The lowest BCUT2D eigenvalue weighted by molar-refractivity contribution is 0.274. The molecule has 1 aliphatic rings. The van der Waals surface area contributed by atoms with Gasteiger partial charge in [-0.2, -0.15) is 0 Å². The summed E-state index contributed by atoms with van der Waals surface area (Å²) in [5.41, 5.74) is 1.27. The summed E-state index contributed by atoms with van der Waals surface area (Å²) >= 11 is 0. The van der Waals surface area contributed by atoms with Gasteiger partial charge in [0.25, 0.3) is 0 Å². The lowest BCUT2D eigenvalue weighted by atomic mass is 10.1. The van der Waals surface area contributed by atoms with Gasteiger partial charge in [0, 0.05) is 37.8 Å². The number of nitrogens with zero attached hydrogens (tertiary/aromatic N) is 4. The molecule has 5 heteroatoms. The number of rotatable bonds is 5. The fraction of sp³-hybridized carbons (Fsp3) is 0.733. The molecule has 0 spiro atoms. The van der Waals surface area contributed by atoms with E-state index in [4.69, 9.17) is 0 Å². The van der Waals surface area contributed by atoms with Crippen LogP contribution in [0, 0.1) is 0 Å². The third-order valence-corrected chi connectivity index (χ3v) is 3.87. The maximum Gasteiger partial charge on any atom is 0.137 e. The van der Waals surface area contributed by atoms with Crippen molar-refractivity contribution in [2.24, 2.45) is 0 Å². The largest absolute Gasteiger partial charge is 0.370 e. The number of anilines is 2. The Morgan fingerprint density at radius 1 is 1.30 bits per heavy atom. The number of hydrogen-bond acceptors (Lipinski definition) is 5. The van der Waals surface area contributed by atoms with Gasteiger partial charge in [-0.25, -0.2) is 9.97 Å². The Morgan fingerprint density at radius 3 is 2.75 bits per heavy atom. The van der Waals surface area contributed by atoms with Crippen molar-refractivity contribution in [3.63, 3.8) is 0 Å². The molecule has 0 saturated carbocycles. The van der Waals surface area contributed by atoms with E-state index in [1.165, 1.54) is 5.56 Å². The van der Waals surface area contributed by atoms with Gasteiger partial charge in [-0.3, -0.25) is 0 Å². The molecule has 1 aromatic rings. The maximum absolute atomic E-state index is 4.60. The molecule has 2 rings (SSSR count). The third-order valence-electron chi connectivity index (χ3n) is 3.87. The van der Waals surface area contributed by atoms with Crippen molar-refractivity contribution < 1.29 is 0 Å². The van der Waals surface area contributed by atoms with Crippen molar-refractivity contribution in [2.45, 2.75) is 39.7 Å². The zero-order chi connectivity index (χ0) is 14.5. The minimum Gasteiger partial charge on any atom is -0.370 e. The fourth-order valence-corrected chi connectivity index (χ4v) is 2.90. The van der Waals surface area contributed by atoms with Gasteiger partial charge in [0.1, 0.15) is 18.0 Å². The maximum atomic E-state index is 4.60. The monoisotopic (exact) mass is 277 g/mol. The standard InChI is InChI=1S/C15H27N5/c1-5-7-13-14(16-6-2)17-11-18-15(13)20-9-8-19(4)10-12(20)3/h11-12H,5-10H2,1-4H3,(H,16,17,18). The second-order valence-electron chi connectivity index (χ2n) is 5.61. The highest BCUT2D eigenvalue weighted by molar-refractivity contribution is 5.59. The minimum absolute atomic E-state index is 0.494. The summed E-state index contributed by atoms with van der Waals surface area (Å²) in [5, 5.41) is 3.38. The molecule has 5 nitrogen and oxygen atoms in total. The number of piperazine rings is 1. The second kappa shape index (κ2) is 6.88. The van der Waals surface area contributed by atoms with Crippen LogP contribution in [-0.4, -0.2) is 54.1 Å². The molecule has 2 heterocycles. The van der Waals surface area contributed by atoms with Gasteiger partial charge >= 0.3 is 0 Å². The summed E-state index contributed by atoms with van der Waals surface area (Å²) in [5.74, 6) is 2.13. The van der Waals surface area contributed by atoms with E-state index in [9.17, 15) is 0 Å². The highest BCUT2D eigenvalue weighted by Gasteiger charge is 2.25. The quantitative estimate of drug-likeness (QED) is 0.892. The van der Waals surface area contributed by atoms with E-state index in [1.54, 1.807) is 6.33 Å². The Balaban J connectivity index is 2.32. The molecule has 0 aliphatic carbocycles. The van der Waals surface area contributed by atoms with E-state index in [1.807, 2.05) is 0 Å². The Hall–Kier alpha value is -1.36. The Labute approximate surface area is 122 Å². The Kier molecular flexibility index (Phi) is 5.17. The van der Waals surface area contributed by atoms with Gasteiger partial charge in [-0.1, -0.05) is 13.3 Å². The summed E-state index contributed by atoms with van der Waals surface area (Å²) in [7, 11) is 2.19. The molecule has 0 radical (unpaired) electrons. The van der Waals surface area contributed by atoms with Crippen molar-refractivity contribution in [1.29, 1.82) is 0 Å². The summed E-state index contributed by atoms with van der Waals surface area (Å²) < 4.78 is 0. The summed E-state index contributed by atoms with van der Waals surface area (Å²) in [6.07, 6.45) is 3.83. The van der Waals surface area contributed by atoms with Gasteiger partial charge in [0.05, 0.1) is 0 Å². The molecule has 0 bridgehead atoms. The van der Waals surface area contributed by atoms with Gasteiger partial charge < -0.3 is 15.1 Å². The van der Waals surface area contributed by atoms with Crippen LogP contribution in [0.5, 0.6) is 0 Å². The molecular weight excluding hydrogens is 250 g/mol. The van der Waals surface area contributed by atoms with Crippen LogP contribution in [0.1, 0.15) is 32.8 Å². The van der Waals surface area contributed by atoms with Crippen LogP contribution in [0.3, 0.4) is 0 Å². The average Bonchev–Trinajstić information content (AvgIpc) is 2.42. The molecule has 1 saturated heterocycles. The minimum atomic E-state index is 0.494. The highest BCUT2D eigenvalue weighted by Crippen LogP contribution is 2.27. The van der Waals surface area contributed by atoms with Gasteiger partial charge in [0.15, 0.2) is 0 Å². The van der Waals surface area contributed by atoms with Crippen LogP contribution in [0.4, 0.5) is 11.6 Å². The van der Waals surface area contributed by atoms with Gasteiger partial charge in [-0.05, 0) is 27.3 Å². The van der Waals surface area contributed by atoms with Crippen LogP contribution in [-0.2, 0) is 6.42 Å². The highest BCUT2D eigenvalue weighted by atomic mass is 15.3. The molecular formula is C15H27N5. The molecule has 0 aromatic carbocycles. The molecule has 20 heavy (non-hydrogen) atoms. The molecule has 1 atom stereocenters. The van der Waals surface area contributed by atoms with Crippen LogP contribution in [0.2, 0.25) is 0 Å². The third kappa shape index (κ3) is 3.20. The molecule has 1 aliphatic heterocycles. The van der Waals surface area contributed by atoms with Crippen molar-refractivity contribution in [3.8, 4) is 0 Å². The Morgan fingerprint density at radius 2 is 2.10 bits per heavy atom. The van der Waals surface area contributed by atoms with Crippen molar-refractivity contribution in [1.82, 2.24) is 14.9 Å². The zero-order valence-electron chi connectivity index (χ0n) is 13.2. The average molecular weight is 277 g/mol. The molecule has 1 unspecified atom stereocenters. The molecule has 0 amide bonds. The number of hydrogen-bond donors (Lipinski definition) is 1. The summed E-state index contributed by atoms with van der Waals surface area (Å²) in [6.45, 7) is 10.7. The smallest absolute Gasteiger partial charge is 0.137 e. The zero-order valence-corrected chi connectivity index (χ0v) is 13.2. The lowest BCUT2D eigenvalue weighted by Crippen LogP contribution is -2.51. The molecule has 1 aromatic heterocycles. The lowest BCUT2D eigenvalue weighted by Gasteiger charge is -2.40.